The summed E-state index contributed by atoms with van der Waals surface area (Å²) in [6.07, 6.45) is 4.68. The van der Waals surface area contributed by atoms with Gasteiger partial charge in [-0.15, -0.1) is 0 Å². The van der Waals surface area contributed by atoms with Gasteiger partial charge in [0.1, 0.15) is 11.5 Å². The summed E-state index contributed by atoms with van der Waals surface area (Å²) >= 11 is 0. The Morgan fingerprint density at radius 3 is 2.71 bits per heavy atom. The van der Waals surface area contributed by atoms with Crippen LogP contribution in [0.1, 0.15) is 28.9 Å². The van der Waals surface area contributed by atoms with Crippen molar-refractivity contribution >= 4 is 5.78 Å². The first-order chi connectivity index (χ1) is 8.11. The molecule has 90 valence electrons. The highest BCUT2D eigenvalue weighted by Gasteiger charge is 2.15. The molecule has 0 aromatic carbocycles. The molecule has 0 fully saturated rings. The molecule has 0 radical (unpaired) electrons. The van der Waals surface area contributed by atoms with Gasteiger partial charge in [0.2, 0.25) is 0 Å². The largest absolute Gasteiger partial charge is 0.338 e. The molecule has 0 atom stereocenters. The summed E-state index contributed by atoms with van der Waals surface area (Å²) in [4.78, 5) is 16.3. The highest BCUT2D eigenvalue weighted by atomic mass is 16.1. The maximum Gasteiger partial charge on any atom is 0.188 e. The quantitative estimate of drug-likeness (QED) is 0.743. The van der Waals surface area contributed by atoms with Crippen molar-refractivity contribution in [1.82, 2.24) is 19.3 Å². The number of hydrogen-bond acceptors (Lipinski definition) is 3. The molecule has 0 aliphatic carbocycles. The summed E-state index contributed by atoms with van der Waals surface area (Å²) in [7, 11) is 3.68. The van der Waals surface area contributed by atoms with E-state index in [1.165, 1.54) is 0 Å². The lowest BCUT2D eigenvalue weighted by atomic mass is 10.2. The van der Waals surface area contributed by atoms with Crippen LogP contribution in [0, 0.1) is 0 Å². The standard InChI is InChI=1S/C12H16N4O/c1-4-9-7-10(16(3)14-9)11(17)8-12-13-5-6-15(12)2/h5-7H,4,8H2,1-3H3. The van der Waals surface area contributed by atoms with Crippen molar-refractivity contribution in [3.8, 4) is 0 Å². The van der Waals surface area contributed by atoms with E-state index in [1.807, 2.05) is 30.8 Å². The molecule has 0 spiro atoms. The van der Waals surface area contributed by atoms with Crippen LogP contribution in [0.15, 0.2) is 18.5 Å². The minimum Gasteiger partial charge on any atom is -0.338 e. The second-order valence-corrected chi connectivity index (χ2v) is 4.05. The summed E-state index contributed by atoms with van der Waals surface area (Å²) < 4.78 is 3.50. The molecule has 2 rings (SSSR count). The first kappa shape index (κ1) is 11.6. The molecule has 0 N–H and O–H groups in total. The Kier molecular flexibility index (Phi) is 3.08. The van der Waals surface area contributed by atoms with Crippen molar-refractivity contribution < 1.29 is 4.79 Å². The van der Waals surface area contributed by atoms with Crippen LogP contribution in [0.4, 0.5) is 0 Å². The Balaban J connectivity index is 2.20. The van der Waals surface area contributed by atoms with Gasteiger partial charge in [-0.25, -0.2) is 4.98 Å². The number of carbonyl (C=O) groups excluding carboxylic acids is 1. The third-order valence-corrected chi connectivity index (χ3v) is 2.82. The fourth-order valence-corrected chi connectivity index (χ4v) is 1.76. The zero-order chi connectivity index (χ0) is 12.4. The number of carbonyl (C=O) groups is 1. The average Bonchev–Trinajstić information content (AvgIpc) is 2.86. The molecule has 2 aromatic heterocycles. The number of Topliss-reactive ketones (excluding diaryl/α,β-unsaturated/α-hetero) is 1. The molecule has 5 nitrogen and oxygen atoms in total. The Bertz CT molecular complexity index is 538. The van der Waals surface area contributed by atoms with Crippen LogP contribution in [-0.2, 0) is 26.9 Å². The number of nitrogens with zero attached hydrogens (tertiary/aromatic N) is 4. The normalized spacial score (nSPS) is 10.8. The smallest absolute Gasteiger partial charge is 0.188 e. The fraction of sp³-hybridized carbons (Fsp3) is 0.417. The molecule has 0 aliphatic rings. The van der Waals surface area contributed by atoms with Gasteiger partial charge in [0.15, 0.2) is 5.78 Å². The Hall–Kier alpha value is -1.91. The molecule has 0 saturated carbocycles. The van der Waals surface area contributed by atoms with Crippen LogP contribution in [0.25, 0.3) is 0 Å². The van der Waals surface area contributed by atoms with Gasteiger partial charge in [-0.3, -0.25) is 9.48 Å². The van der Waals surface area contributed by atoms with Crippen molar-refractivity contribution in [3.05, 3.63) is 35.7 Å². The van der Waals surface area contributed by atoms with Crippen LogP contribution >= 0.6 is 0 Å². The van der Waals surface area contributed by atoms with Crippen LogP contribution in [0.2, 0.25) is 0 Å². The van der Waals surface area contributed by atoms with Crippen LogP contribution in [0.3, 0.4) is 0 Å². The molecular weight excluding hydrogens is 216 g/mol. The molecule has 2 aromatic rings. The van der Waals surface area contributed by atoms with Gasteiger partial charge in [0, 0.05) is 26.5 Å². The molecular formula is C12H16N4O. The summed E-state index contributed by atoms with van der Waals surface area (Å²) in [5.41, 5.74) is 1.58. The van der Waals surface area contributed by atoms with Gasteiger partial charge in [-0.1, -0.05) is 6.92 Å². The predicted molar refractivity (Wildman–Crippen MR) is 63.8 cm³/mol. The monoisotopic (exact) mass is 232 g/mol. The molecule has 0 aliphatic heterocycles. The van der Waals surface area contributed by atoms with Gasteiger partial charge < -0.3 is 4.57 Å². The number of hydrogen-bond donors (Lipinski definition) is 0. The number of imidazole rings is 1. The number of ketones is 1. The van der Waals surface area contributed by atoms with E-state index in [4.69, 9.17) is 0 Å². The Morgan fingerprint density at radius 2 is 2.18 bits per heavy atom. The second-order valence-electron chi connectivity index (χ2n) is 4.05. The maximum absolute atomic E-state index is 12.1. The molecule has 2 heterocycles. The number of rotatable bonds is 4. The van der Waals surface area contributed by atoms with E-state index in [0.717, 1.165) is 17.9 Å². The van der Waals surface area contributed by atoms with E-state index in [2.05, 4.69) is 10.1 Å². The van der Waals surface area contributed by atoms with E-state index in [9.17, 15) is 4.79 Å². The fourth-order valence-electron chi connectivity index (χ4n) is 1.76. The molecule has 5 heteroatoms. The summed E-state index contributed by atoms with van der Waals surface area (Å²) in [5, 5.41) is 4.27. The SMILES string of the molecule is CCc1cc(C(=O)Cc2nccn2C)n(C)n1. The summed E-state index contributed by atoms with van der Waals surface area (Å²) in [5.74, 6) is 0.822. The van der Waals surface area contributed by atoms with E-state index in [-0.39, 0.29) is 5.78 Å². The van der Waals surface area contributed by atoms with Crippen molar-refractivity contribution in [2.75, 3.05) is 0 Å². The average molecular weight is 232 g/mol. The molecule has 0 saturated heterocycles. The third kappa shape index (κ3) is 2.27. The highest BCUT2D eigenvalue weighted by Crippen LogP contribution is 2.08. The topological polar surface area (TPSA) is 52.7 Å². The first-order valence-electron chi connectivity index (χ1n) is 5.64. The van der Waals surface area contributed by atoms with Crippen LogP contribution in [0.5, 0.6) is 0 Å². The van der Waals surface area contributed by atoms with Crippen molar-refractivity contribution in [2.24, 2.45) is 14.1 Å². The van der Waals surface area contributed by atoms with Crippen LogP contribution in [-0.4, -0.2) is 25.1 Å². The lowest BCUT2D eigenvalue weighted by Gasteiger charge is -2.01. The summed E-state index contributed by atoms with van der Waals surface area (Å²) in [6.45, 7) is 2.02. The van der Waals surface area contributed by atoms with Crippen molar-refractivity contribution in [2.45, 2.75) is 19.8 Å². The Morgan fingerprint density at radius 1 is 1.41 bits per heavy atom. The third-order valence-electron chi connectivity index (χ3n) is 2.82. The van der Waals surface area contributed by atoms with E-state index in [1.54, 1.807) is 17.9 Å². The molecule has 0 unspecified atom stereocenters. The summed E-state index contributed by atoms with van der Waals surface area (Å²) in [6, 6.07) is 1.85. The van der Waals surface area contributed by atoms with Crippen molar-refractivity contribution in [3.63, 3.8) is 0 Å². The zero-order valence-electron chi connectivity index (χ0n) is 10.3. The van der Waals surface area contributed by atoms with Crippen molar-refractivity contribution in [1.29, 1.82) is 0 Å². The molecule has 0 bridgehead atoms. The minimum atomic E-state index is 0.0500. The first-order valence-corrected chi connectivity index (χ1v) is 5.64. The highest BCUT2D eigenvalue weighted by molar-refractivity contribution is 5.95. The van der Waals surface area contributed by atoms with Gasteiger partial charge >= 0.3 is 0 Å². The Labute approximate surface area is 100 Å². The molecule has 0 amide bonds. The lowest BCUT2D eigenvalue weighted by molar-refractivity contribution is 0.0981. The minimum absolute atomic E-state index is 0.0500. The lowest BCUT2D eigenvalue weighted by Crippen LogP contribution is -2.12. The van der Waals surface area contributed by atoms with Gasteiger partial charge in [0.25, 0.3) is 0 Å². The van der Waals surface area contributed by atoms with E-state index >= 15 is 0 Å². The predicted octanol–water partition coefficient (Wildman–Crippen LogP) is 1.14. The zero-order valence-corrected chi connectivity index (χ0v) is 10.3. The maximum atomic E-state index is 12.1. The van der Waals surface area contributed by atoms with E-state index in [0.29, 0.717) is 12.1 Å². The van der Waals surface area contributed by atoms with Gasteiger partial charge in [0.05, 0.1) is 12.1 Å². The number of aryl methyl sites for hydroxylation is 3. The van der Waals surface area contributed by atoms with E-state index < -0.39 is 0 Å². The number of aromatic nitrogens is 4. The van der Waals surface area contributed by atoms with Gasteiger partial charge in [-0.05, 0) is 12.5 Å². The van der Waals surface area contributed by atoms with Gasteiger partial charge in [-0.2, -0.15) is 5.10 Å². The molecule has 17 heavy (non-hydrogen) atoms. The second kappa shape index (κ2) is 4.53. The van der Waals surface area contributed by atoms with Crippen LogP contribution < -0.4 is 0 Å².